The summed E-state index contributed by atoms with van der Waals surface area (Å²) in [6.07, 6.45) is 5.69. The lowest BCUT2D eigenvalue weighted by Gasteiger charge is -2.31. The second-order valence-corrected chi connectivity index (χ2v) is 5.00. The van der Waals surface area contributed by atoms with Gasteiger partial charge in [0.2, 0.25) is 0 Å². The molecule has 3 rings (SSSR count). The molecule has 1 N–H and O–H groups in total. The third-order valence-electron chi connectivity index (χ3n) is 3.46. The number of nitrogens with zero attached hydrogens (tertiary/aromatic N) is 4. The molecule has 6 heteroatoms. The summed E-state index contributed by atoms with van der Waals surface area (Å²) in [4.78, 5) is 14.3. The normalized spacial score (nSPS) is 20.8. The van der Waals surface area contributed by atoms with Gasteiger partial charge in [-0.05, 0) is 6.92 Å². The molecule has 1 aliphatic heterocycles. The molecule has 0 radical (unpaired) electrons. The van der Waals surface area contributed by atoms with Crippen LogP contribution in [-0.2, 0) is 18.3 Å². The molecule has 3 heterocycles. The molecule has 19 heavy (non-hydrogen) atoms. The van der Waals surface area contributed by atoms with E-state index in [4.69, 9.17) is 4.74 Å². The van der Waals surface area contributed by atoms with Crippen molar-refractivity contribution >= 4 is 0 Å². The molecule has 0 aromatic carbocycles. The summed E-state index contributed by atoms with van der Waals surface area (Å²) in [5, 5.41) is 0. The number of hydrogen-bond donors (Lipinski definition) is 1. The zero-order valence-corrected chi connectivity index (χ0v) is 11.3. The molecule has 0 spiro atoms. The Hall–Kier alpha value is -1.66. The molecule has 102 valence electrons. The molecule has 0 amide bonds. The second-order valence-electron chi connectivity index (χ2n) is 5.00. The van der Waals surface area contributed by atoms with Crippen LogP contribution in [0.1, 0.15) is 23.4 Å². The maximum absolute atomic E-state index is 5.79. The molecular formula is C13H19N5O. The van der Waals surface area contributed by atoms with Gasteiger partial charge >= 0.3 is 0 Å². The van der Waals surface area contributed by atoms with E-state index in [0.717, 1.165) is 43.6 Å². The number of hydrogen-bond acceptors (Lipinski definition) is 4. The number of H-pyrrole nitrogens is 1. The number of nitrogens with one attached hydrogen (secondary N) is 1. The van der Waals surface area contributed by atoms with Crippen LogP contribution in [0.3, 0.4) is 0 Å². The molecule has 6 nitrogen and oxygen atoms in total. The average Bonchev–Trinajstić information content (AvgIpc) is 3.00. The van der Waals surface area contributed by atoms with Gasteiger partial charge in [0.1, 0.15) is 17.8 Å². The lowest BCUT2D eigenvalue weighted by atomic mass is 10.2. The van der Waals surface area contributed by atoms with Crippen molar-refractivity contribution in [1.29, 1.82) is 0 Å². The van der Waals surface area contributed by atoms with Crippen LogP contribution in [0, 0.1) is 6.92 Å². The van der Waals surface area contributed by atoms with Crippen LogP contribution < -0.4 is 0 Å². The zero-order valence-electron chi connectivity index (χ0n) is 11.3. The minimum atomic E-state index is 0.0303. The van der Waals surface area contributed by atoms with E-state index in [0.29, 0.717) is 0 Å². The van der Waals surface area contributed by atoms with Gasteiger partial charge in [0.05, 0.1) is 13.2 Å². The Balaban J connectivity index is 1.66. The Bertz CT molecular complexity index is 547. The van der Waals surface area contributed by atoms with E-state index in [1.807, 2.05) is 32.6 Å². The van der Waals surface area contributed by atoms with E-state index in [-0.39, 0.29) is 6.10 Å². The molecule has 2 aromatic rings. The van der Waals surface area contributed by atoms with E-state index < -0.39 is 0 Å². The minimum Gasteiger partial charge on any atom is -0.368 e. The summed E-state index contributed by atoms with van der Waals surface area (Å²) in [5.74, 6) is 2.00. The molecule has 0 bridgehead atoms. The highest BCUT2D eigenvalue weighted by Gasteiger charge is 2.24. The smallest absolute Gasteiger partial charge is 0.136 e. The summed E-state index contributed by atoms with van der Waals surface area (Å²) in [5.41, 5.74) is 1.07. The van der Waals surface area contributed by atoms with E-state index in [2.05, 4.69) is 24.4 Å². The standard InChI is InChI=1S/C13H19N5O/c1-10-7-15-13(16-10)11-8-18(5-6-19-11)9-12-14-3-4-17(12)2/h3-4,7,11H,5-6,8-9H2,1-2H3,(H,15,16)/t11-/m1/s1. The van der Waals surface area contributed by atoms with Gasteiger partial charge in [0.15, 0.2) is 0 Å². The summed E-state index contributed by atoms with van der Waals surface area (Å²) in [7, 11) is 2.02. The summed E-state index contributed by atoms with van der Waals surface area (Å²) >= 11 is 0. The van der Waals surface area contributed by atoms with Crippen LogP contribution >= 0.6 is 0 Å². The fourth-order valence-corrected chi connectivity index (χ4v) is 2.36. The molecule has 1 fully saturated rings. The van der Waals surface area contributed by atoms with Gasteiger partial charge in [-0.25, -0.2) is 9.97 Å². The van der Waals surface area contributed by atoms with E-state index in [9.17, 15) is 0 Å². The predicted octanol–water partition coefficient (Wildman–Crippen LogP) is 1.03. The molecule has 1 saturated heterocycles. The van der Waals surface area contributed by atoms with E-state index in [1.54, 1.807) is 0 Å². The monoisotopic (exact) mass is 261 g/mol. The van der Waals surface area contributed by atoms with Crippen LogP contribution in [0.4, 0.5) is 0 Å². The van der Waals surface area contributed by atoms with Crippen LogP contribution in [0.5, 0.6) is 0 Å². The van der Waals surface area contributed by atoms with Gasteiger partial charge in [0, 0.05) is 44.4 Å². The number of morpholine rings is 1. The minimum absolute atomic E-state index is 0.0303. The number of aromatic amines is 1. The highest BCUT2D eigenvalue weighted by atomic mass is 16.5. The molecule has 0 saturated carbocycles. The zero-order chi connectivity index (χ0) is 13.2. The Morgan fingerprint density at radius 3 is 3.05 bits per heavy atom. The fraction of sp³-hybridized carbons (Fsp3) is 0.538. The second kappa shape index (κ2) is 5.14. The first-order valence-corrected chi connectivity index (χ1v) is 6.54. The maximum Gasteiger partial charge on any atom is 0.136 e. The van der Waals surface area contributed by atoms with Crippen LogP contribution in [0.15, 0.2) is 18.6 Å². The average molecular weight is 261 g/mol. The Morgan fingerprint density at radius 1 is 1.47 bits per heavy atom. The quantitative estimate of drug-likeness (QED) is 0.896. The van der Waals surface area contributed by atoms with Gasteiger partial charge in [-0.2, -0.15) is 0 Å². The SMILES string of the molecule is Cc1cnc([C@H]2CN(Cc3nccn3C)CCO2)[nH]1. The molecule has 0 unspecified atom stereocenters. The Labute approximate surface area is 112 Å². The van der Waals surface area contributed by atoms with Crippen molar-refractivity contribution in [3.63, 3.8) is 0 Å². The van der Waals surface area contributed by atoms with Crippen molar-refractivity contribution in [2.45, 2.75) is 19.6 Å². The molecule has 2 aromatic heterocycles. The van der Waals surface area contributed by atoms with Crippen molar-refractivity contribution in [3.05, 3.63) is 35.9 Å². The molecule has 1 atom stereocenters. The largest absolute Gasteiger partial charge is 0.368 e. The fourth-order valence-electron chi connectivity index (χ4n) is 2.36. The lowest BCUT2D eigenvalue weighted by molar-refractivity contribution is -0.0378. The lowest BCUT2D eigenvalue weighted by Crippen LogP contribution is -2.38. The molecule has 1 aliphatic rings. The van der Waals surface area contributed by atoms with Gasteiger partial charge in [-0.1, -0.05) is 0 Å². The summed E-state index contributed by atoms with van der Waals surface area (Å²) in [6, 6.07) is 0. The number of aromatic nitrogens is 4. The van der Waals surface area contributed by atoms with Crippen molar-refractivity contribution in [1.82, 2.24) is 24.4 Å². The van der Waals surface area contributed by atoms with Crippen molar-refractivity contribution in [2.75, 3.05) is 19.7 Å². The summed E-state index contributed by atoms with van der Waals surface area (Å²) < 4.78 is 7.85. The highest BCUT2D eigenvalue weighted by Crippen LogP contribution is 2.20. The Morgan fingerprint density at radius 2 is 2.37 bits per heavy atom. The summed E-state index contributed by atoms with van der Waals surface area (Å²) in [6.45, 7) is 5.37. The van der Waals surface area contributed by atoms with Crippen LogP contribution in [0.25, 0.3) is 0 Å². The number of ether oxygens (including phenoxy) is 1. The van der Waals surface area contributed by atoms with Crippen LogP contribution in [-0.4, -0.2) is 44.1 Å². The van der Waals surface area contributed by atoms with Gasteiger partial charge in [-0.3, -0.25) is 4.90 Å². The first kappa shape index (κ1) is 12.4. The first-order chi connectivity index (χ1) is 9.22. The Kier molecular flexibility index (Phi) is 3.35. The van der Waals surface area contributed by atoms with Gasteiger partial charge in [0.25, 0.3) is 0 Å². The third kappa shape index (κ3) is 2.69. The van der Waals surface area contributed by atoms with Crippen LogP contribution in [0.2, 0.25) is 0 Å². The van der Waals surface area contributed by atoms with E-state index in [1.165, 1.54) is 0 Å². The van der Waals surface area contributed by atoms with Crippen molar-refractivity contribution in [2.24, 2.45) is 7.05 Å². The van der Waals surface area contributed by atoms with E-state index >= 15 is 0 Å². The predicted molar refractivity (Wildman–Crippen MR) is 70.5 cm³/mol. The first-order valence-electron chi connectivity index (χ1n) is 6.54. The topological polar surface area (TPSA) is 59.0 Å². The van der Waals surface area contributed by atoms with Crippen molar-refractivity contribution < 1.29 is 4.74 Å². The molecule has 0 aliphatic carbocycles. The number of imidazole rings is 2. The number of aryl methyl sites for hydroxylation is 2. The third-order valence-corrected chi connectivity index (χ3v) is 3.46. The maximum atomic E-state index is 5.79. The molecular weight excluding hydrogens is 242 g/mol. The van der Waals surface area contributed by atoms with Crippen molar-refractivity contribution in [3.8, 4) is 0 Å². The van der Waals surface area contributed by atoms with Gasteiger partial charge in [-0.15, -0.1) is 0 Å². The highest BCUT2D eigenvalue weighted by molar-refractivity contribution is 5.03. The number of rotatable bonds is 3. The van der Waals surface area contributed by atoms with Gasteiger partial charge < -0.3 is 14.3 Å².